The van der Waals surface area contributed by atoms with E-state index in [2.05, 4.69) is 10.6 Å². The van der Waals surface area contributed by atoms with E-state index in [0.29, 0.717) is 22.8 Å². The number of nitrogens with zero attached hydrogens (tertiary/aromatic N) is 1. The van der Waals surface area contributed by atoms with Crippen LogP contribution in [0.4, 0.5) is 10.1 Å². The molecule has 0 aromatic heterocycles. The van der Waals surface area contributed by atoms with E-state index >= 15 is 0 Å². The first-order chi connectivity index (χ1) is 11.5. The Bertz CT molecular complexity index is 827. The van der Waals surface area contributed by atoms with Crippen molar-refractivity contribution in [2.45, 2.75) is 13.5 Å². The molecule has 4 nitrogen and oxygen atoms in total. The standard InChI is InChI=1S/C18H15ClFN3O/c1-12-5-6-15(19)8-17(12)23-18(24)14(9-21)11-22-10-13-3-2-4-16(20)7-13/h2-8,11,22H,10H2,1H3,(H,23,24)/b14-11-. The molecule has 0 aliphatic rings. The normalized spacial score (nSPS) is 10.8. The third kappa shape index (κ3) is 4.83. The summed E-state index contributed by atoms with van der Waals surface area (Å²) in [6.45, 7) is 2.12. The Morgan fingerprint density at radius 3 is 2.83 bits per heavy atom. The fourth-order valence-corrected chi connectivity index (χ4v) is 2.16. The van der Waals surface area contributed by atoms with E-state index < -0.39 is 5.91 Å². The lowest BCUT2D eigenvalue weighted by Crippen LogP contribution is -2.17. The molecule has 0 heterocycles. The van der Waals surface area contributed by atoms with Crippen LogP contribution in [0.25, 0.3) is 0 Å². The lowest BCUT2D eigenvalue weighted by Gasteiger charge is -2.08. The number of carbonyl (C=O) groups is 1. The van der Waals surface area contributed by atoms with Gasteiger partial charge in [-0.15, -0.1) is 0 Å². The maximum absolute atomic E-state index is 13.1. The van der Waals surface area contributed by atoms with Gasteiger partial charge in [0.2, 0.25) is 0 Å². The molecule has 2 rings (SSSR count). The van der Waals surface area contributed by atoms with E-state index in [9.17, 15) is 9.18 Å². The first-order valence-electron chi connectivity index (χ1n) is 7.15. The summed E-state index contributed by atoms with van der Waals surface area (Å²) in [7, 11) is 0. The van der Waals surface area contributed by atoms with Gasteiger partial charge in [0, 0.05) is 23.5 Å². The monoisotopic (exact) mass is 343 g/mol. The van der Waals surface area contributed by atoms with Crippen molar-refractivity contribution in [2.24, 2.45) is 0 Å². The minimum absolute atomic E-state index is 0.0919. The molecule has 0 saturated heterocycles. The van der Waals surface area contributed by atoms with Gasteiger partial charge >= 0.3 is 0 Å². The highest BCUT2D eigenvalue weighted by atomic mass is 35.5. The van der Waals surface area contributed by atoms with Gasteiger partial charge in [-0.2, -0.15) is 5.26 Å². The van der Waals surface area contributed by atoms with Crippen LogP contribution in [0.1, 0.15) is 11.1 Å². The van der Waals surface area contributed by atoms with Crippen LogP contribution in [-0.2, 0) is 11.3 Å². The van der Waals surface area contributed by atoms with Crippen molar-refractivity contribution in [3.05, 3.63) is 76.2 Å². The maximum atomic E-state index is 13.1. The van der Waals surface area contributed by atoms with E-state index in [1.165, 1.54) is 18.3 Å². The molecule has 0 atom stereocenters. The Labute approximate surface area is 144 Å². The Kier molecular flexibility index (Phi) is 5.94. The SMILES string of the molecule is Cc1ccc(Cl)cc1NC(=O)/C(C#N)=C\NCc1cccc(F)c1. The zero-order valence-electron chi connectivity index (χ0n) is 12.9. The second-order valence-electron chi connectivity index (χ2n) is 5.09. The zero-order chi connectivity index (χ0) is 17.5. The number of nitriles is 1. The highest BCUT2D eigenvalue weighted by Gasteiger charge is 2.11. The van der Waals surface area contributed by atoms with Crippen molar-refractivity contribution in [1.29, 1.82) is 5.26 Å². The number of carbonyl (C=O) groups excluding carboxylic acids is 1. The van der Waals surface area contributed by atoms with Gasteiger partial charge in [-0.05, 0) is 42.3 Å². The molecule has 0 spiro atoms. The third-order valence-electron chi connectivity index (χ3n) is 3.25. The molecule has 2 N–H and O–H groups in total. The molecular formula is C18H15ClFN3O. The second-order valence-corrected chi connectivity index (χ2v) is 5.53. The second kappa shape index (κ2) is 8.14. The van der Waals surface area contributed by atoms with Crippen LogP contribution in [0, 0.1) is 24.1 Å². The number of nitrogens with one attached hydrogen (secondary N) is 2. The minimum Gasteiger partial charge on any atom is -0.386 e. The van der Waals surface area contributed by atoms with E-state index in [1.807, 2.05) is 13.0 Å². The van der Waals surface area contributed by atoms with Gasteiger partial charge in [-0.25, -0.2) is 4.39 Å². The number of rotatable bonds is 5. The van der Waals surface area contributed by atoms with Crippen LogP contribution in [0.3, 0.4) is 0 Å². The number of anilines is 1. The predicted octanol–water partition coefficient (Wildman–Crippen LogP) is 3.92. The van der Waals surface area contributed by atoms with Crippen LogP contribution >= 0.6 is 11.6 Å². The summed E-state index contributed by atoms with van der Waals surface area (Å²) in [5, 5.41) is 15.1. The highest BCUT2D eigenvalue weighted by molar-refractivity contribution is 6.31. The maximum Gasteiger partial charge on any atom is 0.267 e. The van der Waals surface area contributed by atoms with E-state index in [4.69, 9.17) is 16.9 Å². The van der Waals surface area contributed by atoms with Gasteiger partial charge in [0.1, 0.15) is 17.5 Å². The van der Waals surface area contributed by atoms with Crippen LogP contribution in [0.5, 0.6) is 0 Å². The molecule has 6 heteroatoms. The van der Waals surface area contributed by atoms with Gasteiger partial charge in [-0.1, -0.05) is 29.8 Å². The van der Waals surface area contributed by atoms with Crippen LogP contribution < -0.4 is 10.6 Å². The van der Waals surface area contributed by atoms with Gasteiger partial charge in [0.25, 0.3) is 5.91 Å². The van der Waals surface area contributed by atoms with Crippen LogP contribution in [-0.4, -0.2) is 5.91 Å². The summed E-state index contributed by atoms with van der Waals surface area (Å²) in [6.07, 6.45) is 1.31. The lowest BCUT2D eigenvalue weighted by atomic mass is 10.2. The molecule has 0 aliphatic carbocycles. The Hall–Kier alpha value is -2.84. The molecule has 122 valence electrons. The molecule has 2 aromatic rings. The first kappa shape index (κ1) is 17.5. The summed E-state index contributed by atoms with van der Waals surface area (Å²) in [5.74, 6) is -0.887. The molecule has 0 bridgehead atoms. The fourth-order valence-electron chi connectivity index (χ4n) is 1.99. The molecule has 0 aliphatic heterocycles. The van der Waals surface area contributed by atoms with Crippen molar-refractivity contribution in [3.8, 4) is 6.07 Å². The summed E-state index contributed by atoms with van der Waals surface area (Å²) in [5.41, 5.74) is 1.98. The molecular weight excluding hydrogens is 329 g/mol. The number of halogens is 2. The minimum atomic E-state index is -0.547. The van der Waals surface area contributed by atoms with Gasteiger partial charge < -0.3 is 10.6 Å². The molecule has 0 unspecified atom stereocenters. The largest absolute Gasteiger partial charge is 0.386 e. The van der Waals surface area contributed by atoms with Gasteiger partial charge in [-0.3, -0.25) is 4.79 Å². The highest BCUT2D eigenvalue weighted by Crippen LogP contribution is 2.20. The average molecular weight is 344 g/mol. The fraction of sp³-hybridized carbons (Fsp3) is 0.111. The van der Waals surface area contributed by atoms with Crippen molar-refractivity contribution in [1.82, 2.24) is 5.32 Å². The van der Waals surface area contributed by atoms with Gasteiger partial charge in [0.05, 0.1) is 0 Å². The zero-order valence-corrected chi connectivity index (χ0v) is 13.7. The Morgan fingerprint density at radius 1 is 1.33 bits per heavy atom. The van der Waals surface area contributed by atoms with E-state index in [-0.39, 0.29) is 11.4 Å². The van der Waals surface area contributed by atoms with Gasteiger partial charge in [0.15, 0.2) is 0 Å². The summed E-state index contributed by atoms with van der Waals surface area (Å²) in [4.78, 5) is 12.2. The average Bonchev–Trinajstić information content (AvgIpc) is 2.55. The molecule has 0 radical (unpaired) electrons. The predicted molar refractivity (Wildman–Crippen MR) is 91.8 cm³/mol. The number of benzene rings is 2. The van der Waals surface area contributed by atoms with E-state index in [0.717, 1.165) is 5.56 Å². The number of hydrogen-bond donors (Lipinski definition) is 2. The molecule has 2 aromatic carbocycles. The Morgan fingerprint density at radius 2 is 2.12 bits per heavy atom. The molecule has 0 saturated carbocycles. The third-order valence-corrected chi connectivity index (χ3v) is 3.49. The number of amides is 1. The molecule has 0 fully saturated rings. The van der Waals surface area contributed by atoms with Crippen molar-refractivity contribution in [2.75, 3.05) is 5.32 Å². The number of aryl methyl sites for hydroxylation is 1. The van der Waals surface area contributed by atoms with E-state index in [1.54, 1.807) is 30.3 Å². The van der Waals surface area contributed by atoms with Crippen molar-refractivity contribution >= 4 is 23.2 Å². The summed E-state index contributed by atoms with van der Waals surface area (Å²) < 4.78 is 13.1. The van der Waals surface area contributed by atoms with Crippen molar-refractivity contribution in [3.63, 3.8) is 0 Å². The lowest BCUT2D eigenvalue weighted by molar-refractivity contribution is -0.112. The quantitative estimate of drug-likeness (QED) is 0.638. The van der Waals surface area contributed by atoms with Crippen LogP contribution in [0.15, 0.2) is 54.2 Å². The first-order valence-corrected chi connectivity index (χ1v) is 7.53. The Balaban J connectivity index is 2.03. The summed E-state index contributed by atoms with van der Waals surface area (Å²) in [6, 6.07) is 13.0. The summed E-state index contributed by atoms with van der Waals surface area (Å²) >= 11 is 5.90. The topological polar surface area (TPSA) is 64.9 Å². The smallest absolute Gasteiger partial charge is 0.267 e. The number of hydrogen-bond acceptors (Lipinski definition) is 3. The van der Waals surface area contributed by atoms with Crippen LogP contribution in [0.2, 0.25) is 5.02 Å². The van der Waals surface area contributed by atoms with Crippen molar-refractivity contribution < 1.29 is 9.18 Å². The molecule has 24 heavy (non-hydrogen) atoms. The molecule has 1 amide bonds.